The summed E-state index contributed by atoms with van der Waals surface area (Å²) in [5.41, 5.74) is 0. The van der Waals surface area contributed by atoms with Crippen molar-refractivity contribution in [2.45, 2.75) is 51.6 Å². The Hall–Kier alpha value is -0.810. The minimum atomic E-state index is -0.318. The predicted molar refractivity (Wildman–Crippen MR) is 84.3 cm³/mol. The van der Waals surface area contributed by atoms with E-state index in [1.807, 2.05) is 11.8 Å². The largest absolute Gasteiger partial charge is 0.393 e. The van der Waals surface area contributed by atoms with Crippen LogP contribution in [0.15, 0.2) is 0 Å². The van der Waals surface area contributed by atoms with E-state index in [2.05, 4.69) is 10.2 Å². The normalized spacial score (nSPS) is 25.0. The lowest BCUT2D eigenvalue weighted by Crippen LogP contribution is -2.47. The molecule has 0 bridgehead atoms. The zero-order chi connectivity index (χ0) is 15.1. The molecule has 0 radical (unpaired) electrons. The van der Waals surface area contributed by atoms with Gasteiger partial charge in [-0.1, -0.05) is 0 Å². The van der Waals surface area contributed by atoms with Crippen molar-refractivity contribution in [1.82, 2.24) is 15.1 Å². The van der Waals surface area contributed by atoms with Gasteiger partial charge in [0.25, 0.3) is 0 Å². The minimum Gasteiger partial charge on any atom is -0.393 e. The van der Waals surface area contributed by atoms with Crippen molar-refractivity contribution < 1.29 is 9.90 Å². The Morgan fingerprint density at radius 3 is 2.71 bits per heavy atom. The molecule has 0 aromatic rings. The van der Waals surface area contributed by atoms with Crippen LogP contribution in [0.3, 0.4) is 0 Å². The third-order valence-electron chi connectivity index (χ3n) is 4.80. The third kappa shape index (κ3) is 5.47. The summed E-state index contributed by atoms with van der Waals surface area (Å²) >= 11 is 0. The number of aliphatic hydroxyl groups is 1. The highest BCUT2D eigenvalue weighted by Crippen LogP contribution is 2.19. The van der Waals surface area contributed by atoms with Crippen LogP contribution in [0, 0.1) is 5.92 Å². The second-order valence-electron chi connectivity index (χ2n) is 6.58. The van der Waals surface area contributed by atoms with Gasteiger partial charge in [-0.15, -0.1) is 0 Å². The van der Waals surface area contributed by atoms with Crippen LogP contribution in [0.2, 0.25) is 0 Å². The smallest absolute Gasteiger partial charge is 0.317 e. The van der Waals surface area contributed by atoms with E-state index in [1.165, 1.54) is 32.5 Å². The first-order valence-electron chi connectivity index (χ1n) is 8.60. The number of carbonyl (C=O) groups is 1. The summed E-state index contributed by atoms with van der Waals surface area (Å²) in [4.78, 5) is 16.5. The van der Waals surface area contributed by atoms with E-state index in [0.29, 0.717) is 6.54 Å². The number of unbranched alkanes of at least 4 members (excludes halogenated alkanes) is 1. The lowest BCUT2D eigenvalue weighted by atomic mass is 9.94. The quantitative estimate of drug-likeness (QED) is 0.733. The van der Waals surface area contributed by atoms with Gasteiger partial charge < -0.3 is 20.2 Å². The molecule has 2 fully saturated rings. The molecule has 5 nitrogen and oxygen atoms in total. The van der Waals surface area contributed by atoms with E-state index >= 15 is 0 Å². The fourth-order valence-corrected chi connectivity index (χ4v) is 3.36. The lowest BCUT2D eigenvalue weighted by molar-refractivity contribution is 0.0739. The Labute approximate surface area is 128 Å². The molecule has 2 amide bonds. The van der Waals surface area contributed by atoms with Gasteiger partial charge >= 0.3 is 6.03 Å². The fraction of sp³-hybridized carbons (Fsp3) is 0.938. The molecule has 2 atom stereocenters. The molecule has 2 aliphatic heterocycles. The van der Waals surface area contributed by atoms with Crippen molar-refractivity contribution >= 4 is 6.03 Å². The maximum atomic E-state index is 12.1. The second-order valence-corrected chi connectivity index (χ2v) is 6.58. The minimum absolute atomic E-state index is 0.0431. The number of nitrogens with one attached hydrogen (secondary N) is 1. The fourth-order valence-electron chi connectivity index (χ4n) is 3.36. The Bertz CT molecular complexity index is 317. The highest BCUT2D eigenvalue weighted by molar-refractivity contribution is 5.74. The number of amides is 2. The van der Waals surface area contributed by atoms with Crippen LogP contribution < -0.4 is 5.32 Å². The molecule has 0 aromatic carbocycles. The van der Waals surface area contributed by atoms with Crippen LogP contribution in [0.4, 0.5) is 4.79 Å². The first-order chi connectivity index (χ1) is 10.2. The first-order valence-corrected chi connectivity index (χ1v) is 8.60. The van der Waals surface area contributed by atoms with Crippen LogP contribution in [-0.4, -0.2) is 66.3 Å². The summed E-state index contributed by atoms with van der Waals surface area (Å²) < 4.78 is 0. The van der Waals surface area contributed by atoms with Crippen molar-refractivity contribution in [2.24, 2.45) is 5.92 Å². The molecular formula is C16H31N3O2. The number of urea groups is 1. The van der Waals surface area contributed by atoms with Gasteiger partial charge in [0, 0.05) is 25.6 Å². The van der Waals surface area contributed by atoms with Crippen molar-refractivity contribution in [1.29, 1.82) is 0 Å². The SMILES string of the molecule is CC(O)C1CCCN(C(=O)NCCCCN2CCCC2)C1. The molecule has 2 aliphatic rings. The second kappa shape index (κ2) is 8.59. The molecule has 0 spiro atoms. The molecule has 0 saturated carbocycles. The molecule has 2 unspecified atom stereocenters. The number of hydrogen-bond acceptors (Lipinski definition) is 3. The van der Waals surface area contributed by atoms with Gasteiger partial charge in [-0.3, -0.25) is 0 Å². The maximum Gasteiger partial charge on any atom is 0.317 e. The molecule has 0 aliphatic carbocycles. The third-order valence-corrected chi connectivity index (χ3v) is 4.80. The van der Waals surface area contributed by atoms with Crippen LogP contribution in [-0.2, 0) is 0 Å². The van der Waals surface area contributed by atoms with E-state index in [1.54, 1.807) is 0 Å². The van der Waals surface area contributed by atoms with Gasteiger partial charge in [0.2, 0.25) is 0 Å². The first kappa shape index (κ1) is 16.6. The lowest BCUT2D eigenvalue weighted by Gasteiger charge is -2.34. The monoisotopic (exact) mass is 297 g/mol. The summed E-state index contributed by atoms with van der Waals surface area (Å²) in [5.74, 6) is 0.236. The van der Waals surface area contributed by atoms with E-state index in [-0.39, 0.29) is 18.1 Å². The van der Waals surface area contributed by atoms with Crippen LogP contribution >= 0.6 is 0 Å². The Morgan fingerprint density at radius 1 is 1.24 bits per heavy atom. The Morgan fingerprint density at radius 2 is 2.00 bits per heavy atom. The molecule has 2 saturated heterocycles. The van der Waals surface area contributed by atoms with E-state index in [0.717, 1.165) is 38.8 Å². The van der Waals surface area contributed by atoms with Gasteiger partial charge in [0.05, 0.1) is 6.10 Å². The van der Waals surface area contributed by atoms with Crippen molar-refractivity contribution in [3.63, 3.8) is 0 Å². The topological polar surface area (TPSA) is 55.8 Å². The molecule has 0 aromatic heterocycles. The Balaban J connectivity index is 1.56. The molecule has 2 heterocycles. The van der Waals surface area contributed by atoms with Crippen LogP contribution in [0.5, 0.6) is 0 Å². The van der Waals surface area contributed by atoms with Crippen LogP contribution in [0.1, 0.15) is 45.4 Å². The number of nitrogens with zero attached hydrogens (tertiary/aromatic N) is 2. The summed E-state index contributed by atoms with van der Waals surface area (Å²) in [5, 5.41) is 12.7. The molecule has 122 valence electrons. The summed E-state index contributed by atoms with van der Waals surface area (Å²) in [7, 11) is 0. The molecule has 5 heteroatoms. The number of rotatable bonds is 6. The highest BCUT2D eigenvalue weighted by atomic mass is 16.3. The van der Waals surface area contributed by atoms with Crippen molar-refractivity contribution in [3.8, 4) is 0 Å². The zero-order valence-corrected chi connectivity index (χ0v) is 13.4. The van der Waals surface area contributed by atoms with Gasteiger partial charge in [-0.25, -0.2) is 4.79 Å². The summed E-state index contributed by atoms with van der Waals surface area (Å²) in [6.07, 6.45) is 6.61. The zero-order valence-electron chi connectivity index (χ0n) is 13.4. The number of aliphatic hydroxyl groups excluding tert-OH is 1. The molecule has 2 rings (SSSR count). The Kier molecular flexibility index (Phi) is 6.77. The van der Waals surface area contributed by atoms with Gasteiger partial charge in [0.1, 0.15) is 0 Å². The van der Waals surface area contributed by atoms with Gasteiger partial charge in [0.15, 0.2) is 0 Å². The van der Waals surface area contributed by atoms with E-state index in [9.17, 15) is 9.90 Å². The predicted octanol–water partition coefficient (Wildman–Crippen LogP) is 1.66. The number of likely N-dealkylation sites (tertiary alicyclic amines) is 2. The number of piperidine rings is 1. The van der Waals surface area contributed by atoms with Crippen LogP contribution in [0.25, 0.3) is 0 Å². The number of hydrogen-bond donors (Lipinski definition) is 2. The molecule has 21 heavy (non-hydrogen) atoms. The highest BCUT2D eigenvalue weighted by Gasteiger charge is 2.26. The van der Waals surface area contributed by atoms with Crippen molar-refractivity contribution in [2.75, 3.05) is 39.3 Å². The standard InChI is InChI=1S/C16H31N3O2/c1-14(20)15-7-6-12-19(13-15)16(21)17-8-2-3-9-18-10-4-5-11-18/h14-15,20H,2-13H2,1H3,(H,17,21). The molecule has 2 N–H and O–H groups in total. The summed E-state index contributed by atoms with van der Waals surface area (Å²) in [6.45, 7) is 7.78. The van der Waals surface area contributed by atoms with Gasteiger partial charge in [-0.05, 0) is 65.1 Å². The van der Waals surface area contributed by atoms with E-state index in [4.69, 9.17) is 0 Å². The average Bonchev–Trinajstić information content (AvgIpc) is 3.00. The number of carbonyl (C=O) groups excluding carboxylic acids is 1. The average molecular weight is 297 g/mol. The maximum absolute atomic E-state index is 12.1. The van der Waals surface area contributed by atoms with Gasteiger partial charge in [-0.2, -0.15) is 0 Å². The van der Waals surface area contributed by atoms with Crippen molar-refractivity contribution in [3.05, 3.63) is 0 Å². The summed E-state index contributed by atoms with van der Waals surface area (Å²) in [6, 6.07) is 0.0431. The molecular weight excluding hydrogens is 266 g/mol. The van der Waals surface area contributed by atoms with E-state index < -0.39 is 0 Å².